The monoisotopic (exact) mass is 865 g/mol. The molecular formula is C30H28I3O4S+. The largest absolute Gasteiger partial charge is 0.491 e. The topological polar surface area (TPSA) is 36.9 Å². The van der Waals surface area contributed by atoms with Gasteiger partial charge in [-0.25, -0.2) is 0 Å². The second-order valence-corrected chi connectivity index (χ2v) is 13.6. The average Bonchev–Trinajstić information content (AvgIpc) is 2.93. The molecule has 0 fully saturated rings. The Morgan fingerprint density at radius 2 is 0.947 bits per heavy atom. The Morgan fingerprint density at radius 1 is 0.500 bits per heavy atom. The van der Waals surface area contributed by atoms with Gasteiger partial charge in [-0.05, 0) is 128 Å². The van der Waals surface area contributed by atoms with E-state index in [2.05, 4.69) is 153 Å². The van der Waals surface area contributed by atoms with E-state index in [-0.39, 0.29) is 10.9 Å². The maximum atomic E-state index is 5.89. The Bertz CT molecular complexity index is 1200. The number of halogens is 3. The minimum absolute atomic E-state index is 0.155. The SMILES string of the molecule is Ic1cc(I)c(OCCOCCOCCOc2ccc([S+](c3ccccc3)c3ccccc3)cc2)c(I)c1. The molecule has 0 aromatic heterocycles. The zero-order chi connectivity index (χ0) is 26.6. The highest BCUT2D eigenvalue weighted by Crippen LogP contribution is 2.32. The number of ether oxygens (including phenoxy) is 4. The number of benzene rings is 4. The molecule has 8 heteroatoms. The van der Waals surface area contributed by atoms with Crippen molar-refractivity contribution in [2.75, 3.05) is 39.6 Å². The zero-order valence-electron chi connectivity index (χ0n) is 20.7. The second-order valence-electron chi connectivity index (χ2n) is 8.02. The van der Waals surface area contributed by atoms with Gasteiger partial charge in [0.25, 0.3) is 0 Å². The van der Waals surface area contributed by atoms with Crippen LogP contribution in [0.5, 0.6) is 11.5 Å². The summed E-state index contributed by atoms with van der Waals surface area (Å²) in [6, 6.07) is 33.9. The first kappa shape index (κ1) is 29.9. The van der Waals surface area contributed by atoms with E-state index >= 15 is 0 Å². The normalized spacial score (nSPS) is 11.1. The quantitative estimate of drug-likeness (QED) is 0.0731. The molecule has 0 radical (unpaired) electrons. The second kappa shape index (κ2) is 16.3. The maximum absolute atomic E-state index is 5.89. The molecule has 4 aromatic carbocycles. The molecule has 0 spiro atoms. The summed E-state index contributed by atoms with van der Waals surface area (Å²) in [6.07, 6.45) is 0. The summed E-state index contributed by atoms with van der Waals surface area (Å²) in [6.45, 7) is 3.10. The summed E-state index contributed by atoms with van der Waals surface area (Å²) in [5.41, 5.74) is 0. The van der Waals surface area contributed by atoms with Crippen LogP contribution in [0, 0.1) is 10.7 Å². The molecule has 0 aliphatic heterocycles. The standard InChI is InChI=1S/C30H28I3O4S/c31-23-21-28(32)30(29(33)22-23)37-20-18-35-16-15-34-17-19-36-24-11-13-27(14-12-24)38(25-7-3-1-4-8-25)26-9-5-2-6-10-26/h1-14,21-22H,15-20H2/q+1. The molecule has 4 rings (SSSR count). The lowest BCUT2D eigenvalue weighted by Gasteiger charge is -2.11. The van der Waals surface area contributed by atoms with Gasteiger partial charge in [-0.3, -0.25) is 0 Å². The van der Waals surface area contributed by atoms with Crippen LogP contribution in [0.2, 0.25) is 0 Å². The molecule has 0 heterocycles. The van der Waals surface area contributed by atoms with Crippen molar-refractivity contribution in [3.05, 3.63) is 108 Å². The lowest BCUT2D eigenvalue weighted by atomic mass is 10.3. The van der Waals surface area contributed by atoms with Crippen molar-refractivity contribution in [1.29, 1.82) is 0 Å². The van der Waals surface area contributed by atoms with Crippen molar-refractivity contribution >= 4 is 78.7 Å². The van der Waals surface area contributed by atoms with Gasteiger partial charge in [0.15, 0.2) is 14.7 Å². The fourth-order valence-corrected chi connectivity index (χ4v) is 9.58. The predicted octanol–water partition coefficient (Wildman–Crippen LogP) is 8.09. The molecule has 0 aliphatic carbocycles. The summed E-state index contributed by atoms with van der Waals surface area (Å²) in [7, 11) is -0.155. The van der Waals surface area contributed by atoms with E-state index in [9.17, 15) is 0 Å². The van der Waals surface area contributed by atoms with Crippen molar-refractivity contribution in [2.24, 2.45) is 0 Å². The Balaban J connectivity index is 1.14. The smallest absolute Gasteiger partial charge is 0.166 e. The van der Waals surface area contributed by atoms with Gasteiger partial charge in [0.1, 0.15) is 24.7 Å². The Labute approximate surface area is 268 Å². The molecule has 198 valence electrons. The molecule has 0 bridgehead atoms. The van der Waals surface area contributed by atoms with Gasteiger partial charge in [-0.2, -0.15) is 0 Å². The van der Waals surface area contributed by atoms with Crippen LogP contribution in [-0.4, -0.2) is 39.6 Å². The molecule has 4 aromatic rings. The van der Waals surface area contributed by atoms with Crippen LogP contribution in [0.1, 0.15) is 0 Å². The lowest BCUT2D eigenvalue weighted by molar-refractivity contribution is 0.0272. The van der Waals surface area contributed by atoms with Gasteiger partial charge in [-0.15, -0.1) is 0 Å². The summed E-state index contributed by atoms with van der Waals surface area (Å²) in [4.78, 5) is 3.86. The van der Waals surface area contributed by atoms with E-state index in [0.717, 1.165) is 18.6 Å². The highest BCUT2D eigenvalue weighted by Gasteiger charge is 2.28. The van der Waals surface area contributed by atoms with Crippen LogP contribution in [0.25, 0.3) is 0 Å². The van der Waals surface area contributed by atoms with Crippen molar-refractivity contribution in [2.45, 2.75) is 14.7 Å². The number of hydrogen-bond donors (Lipinski definition) is 0. The molecule has 0 aliphatic rings. The number of hydrogen-bond acceptors (Lipinski definition) is 4. The van der Waals surface area contributed by atoms with E-state index in [0.29, 0.717) is 39.6 Å². The minimum Gasteiger partial charge on any atom is -0.491 e. The minimum atomic E-state index is -0.155. The first-order valence-electron chi connectivity index (χ1n) is 12.1. The maximum Gasteiger partial charge on any atom is 0.166 e. The van der Waals surface area contributed by atoms with Crippen molar-refractivity contribution < 1.29 is 18.9 Å². The molecule has 4 nitrogen and oxygen atoms in total. The van der Waals surface area contributed by atoms with E-state index < -0.39 is 0 Å². The molecule has 38 heavy (non-hydrogen) atoms. The van der Waals surface area contributed by atoms with Crippen LogP contribution in [0.3, 0.4) is 0 Å². The number of rotatable bonds is 14. The van der Waals surface area contributed by atoms with Crippen LogP contribution in [0.15, 0.2) is 112 Å². The average molecular weight is 865 g/mol. The summed E-state index contributed by atoms with van der Waals surface area (Å²) >= 11 is 6.93. The summed E-state index contributed by atoms with van der Waals surface area (Å²) in [5.74, 6) is 1.77. The van der Waals surface area contributed by atoms with Gasteiger partial charge in [-0.1, -0.05) is 36.4 Å². The van der Waals surface area contributed by atoms with Crippen LogP contribution >= 0.6 is 67.8 Å². The van der Waals surface area contributed by atoms with E-state index in [1.807, 2.05) is 12.1 Å². The van der Waals surface area contributed by atoms with Crippen molar-refractivity contribution in [3.63, 3.8) is 0 Å². The van der Waals surface area contributed by atoms with Crippen molar-refractivity contribution in [3.8, 4) is 11.5 Å². The van der Waals surface area contributed by atoms with Crippen LogP contribution < -0.4 is 9.47 Å². The fourth-order valence-electron chi connectivity index (χ4n) is 3.60. The van der Waals surface area contributed by atoms with Gasteiger partial charge in [0, 0.05) is 3.57 Å². The Hall–Kier alpha value is -1.06. The zero-order valence-corrected chi connectivity index (χ0v) is 27.9. The molecule has 0 atom stereocenters. The van der Waals surface area contributed by atoms with Gasteiger partial charge < -0.3 is 18.9 Å². The third kappa shape index (κ3) is 9.26. The molecule has 0 saturated heterocycles. The Kier molecular flexibility index (Phi) is 12.8. The highest BCUT2D eigenvalue weighted by atomic mass is 127. The van der Waals surface area contributed by atoms with Gasteiger partial charge in [0.2, 0.25) is 0 Å². The molecule has 0 amide bonds. The predicted molar refractivity (Wildman–Crippen MR) is 179 cm³/mol. The van der Waals surface area contributed by atoms with Crippen molar-refractivity contribution in [1.82, 2.24) is 0 Å². The van der Waals surface area contributed by atoms with E-state index in [1.165, 1.54) is 18.3 Å². The Morgan fingerprint density at radius 3 is 1.47 bits per heavy atom. The third-order valence-corrected chi connectivity index (χ3v) is 9.78. The fraction of sp³-hybridized carbons (Fsp3) is 0.200. The molecule has 0 unspecified atom stereocenters. The van der Waals surface area contributed by atoms with Gasteiger partial charge in [0.05, 0.1) is 44.5 Å². The third-order valence-electron chi connectivity index (χ3n) is 5.32. The highest BCUT2D eigenvalue weighted by molar-refractivity contribution is 14.1. The van der Waals surface area contributed by atoms with Gasteiger partial charge >= 0.3 is 0 Å². The molecule has 0 saturated carbocycles. The van der Waals surface area contributed by atoms with E-state index in [4.69, 9.17) is 18.9 Å². The first-order chi connectivity index (χ1) is 18.6. The summed E-state index contributed by atoms with van der Waals surface area (Å²) < 4.78 is 26.5. The van der Waals surface area contributed by atoms with Crippen LogP contribution in [-0.2, 0) is 20.4 Å². The summed E-state index contributed by atoms with van der Waals surface area (Å²) in [5, 5.41) is 0. The van der Waals surface area contributed by atoms with Crippen LogP contribution in [0.4, 0.5) is 0 Å². The first-order valence-corrected chi connectivity index (χ1v) is 16.6. The lowest BCUT2D eigenvalue weighted by Crippen LogP contribution is -2.14. The molecule has 0 N–H and O–H groups in total. The molecular weight excluding hydrogens is 837 g/mol. The van der Waals surface area contributed by atoms with E-state index in [1.54, 1.807) is 0 Å².